The van der Waals surface area contributed by atoms with Gasteiger partial charge in [0.25, 0.3) is 0 Å². The van der Waals surface area contributed by atoms with E-state index in [0.717, 1.165) is 10.0 Å². The molecule has 0 aromatic heterocycles. The third-order valence-corrected chi connectivity index (χ3v) is 2.21. The first-order valence-corrected chi connectivity index (χ1v) is 5.60. The highest BCUT2D eigenvalue weighted by molar-refractivity contribution is 9.10. The van der Waals surface area contributed by atoms with Gasteiger partial charge >= 0.3 is 5.97 Å². The molecule has 0 bridgehead atoms. The van der Waals surface area contributed by atoms with Gasteiger partial charge in [0.1, 0.15) is 6.04 Å². The Morgan fingerprint density at radius 1 is 1.47 bits per heavy atom. The minimum absolute atomic E-state index is 0.641. The fraction of sp³-hybridized carbons (Fsp3) is 0.364. The molecule has 1 unspecified atom stereocenters. The van der Waals surface area contributed by atoms with Gasteiger partial charge in [-0.05, 0) is 24.7 Å². The Kier molecular flexibility index (Phi) is 6.99. The molecule has 3 nitrogen and oxygen atoms in total. The highest BCUT2D eigenvalue weighted by Gasteiger charge is 2.16. The number of benzene rings is 1. The lowest BCUT2D eigenvalue weighted by Gasteiger charge is -2.11. The van der Waals surface area contributed by atoms with Crippen molar-refractivity contribution in [3.05, 3.63) is 34.3 Å². The van der Waals surface area contributed by atoms with Crippen LogP contribution in [0.3, 0.4) is 0 Å². The van der Waals surface area contributed by atoms with E-state index in [1.807, 2.05) is 26.0 Å². The van der Waals surface area contributed by atoms with Crippen LogP contribution in [0.25, 0.3) is 0 Å². The summed E-state index contributed by atoms with van der Waals surface area (Å²) in [6, 6.07) is 6.60. The maximum atomic E-state index is 10.8. The number of hydrogen-bond acceptors (Lipinski definition) is 2. The van der Waals surface area contributed by atoms with Crippen LogP contribution in [0.2, 0.25) is 0 Å². The predicted molar refractivity (Wildman–Crippen MR) is 64.9 cm³/mol. The molecule has 0 aliphatic heterocycles. The Hall–Kier alpha value is -0.870. The van der Waals surface area contributed by atoms with E-state index in [-0.39, 0.29) is 0 Å². The van der Waals surface area contributed by atoms with Gasteiger partial charge in [0.2, 0.25) is 0 Å². The molecule has 84 valence electrons. The quantitative estimate of drug-likeness (QED) is 0.891. The molecule has 15 heavy (non-hydrogen) atoms. The number of hydrogen-bond donors (Lipinski definition) is 2. The normalized spacial score (nSPS) is 11.2. The molecule has 0 saturated heterocycles. The maximum Gasteiger partial charge on any atom is 0.325 e. The molecule has 0 amide bonds. The third kappa shape index (κ3) is 4.44. The van der Waals surface area contributed by atoms with Crippen LogP contribution in [0.15, 0.2) is 28.7 Å². The fourth-order valence-corrected chi connectivity index (χ4v) is 1.54. The summed E-state index contributed by atoms with van der Waals surface area (Å²) in [6.45, 7) is 4.00. The van der Waals surface area contributed by atoms with E-state index in [1.165, 1.54) is 0 Å². The molecular formula is C11H16BrNO2. The smallest absolute Gasteiger partial charge is 0.325 e. The molecule has 0 heterocycles. The zero-order valence-electron chi connectivity index (χ0n) is 9.12. The molecule has 1 atom stereocenters. The Morgan fingerprint density at radius 2 is 2.07 bits per heavy atom. The van der Waals surface area contributed by atoms with Crippen molar-refractivity contribution in [3.8, 4) is 0 Å². The molecule has 0 saturated carbocycles. The molecule has 4 heteroatoms. The topological polar surface area (TPSA) is 49.3 Å². The number of nitrogens with one attached hydrogen (secondary N) is 1. The number of halogens is 1. The van der Waals surface area contributed by atoms with E-state index < -0.39 is 12.0 Å². The van der Waals surface area contributed by atoms with Crippen molar-refractivity contribution in [3.63, 3.8) is 0 Å². The Morgan fingerprint density at radius 3 is 2.47 bits per heavy atom. The second-order valence-electron chi connectivity index (χ2n) is 2.61. The van der Waals surface area contributed by atoms with Crippen LogP contribution >= 0.6 is 15.9 Å². The van der Waals surface area contributed by atoms with Gasteiger partial charge in [-0.15, -0.1) is 0 Å². The van der Waals surface area contributed by atoms with Crippen molar-refractivity contribution >= 4 is 21.9 Å². The van der Waals surface area contributed by atoms with Gasteiger partial charge in [0, 0.05) is 4.47 Å². The van der Waals surface area contributed by atoms with Gasteiger partial charge in [-0.2, -0.15) is 0 Å². The molecule has 1 aromatic rings. The first-order chi connectivity index (χ1) is 7.15. The molecule has 1 aromatic carbocycles. The number of likely N-dealkylation sites (N-methyl/N-ethyl adjacent to an activating group) is 1. The van der Waals surface area contributed by atoms with E-state index in [4.69, 9.17) is 5.11 Å². The summed E-state index contributed by atoms with van der Waals surface area (Å²) < 4.78 is 0.881. The molecule has 2 N–H and O–H groups in total. The summed E-state index contributed by atoms with van der Waals surface area (Å²) in [5.74, 6) is -0.874. The van der Waals surface area contributed by atoms with Crippen LogP contribution in [0.5, 0.6) is 0 Å². The second-order valence-corrected chi connectivity index (χ2v) is 3.53. The first-order valence-electron chi connectivity index (χ1n) is 4.80. The SMILES string of the molecule is CC.CNC(C(=O)O)c1cccc(Br)c1. The van der Waals surface area contributed by atoms with Gasteiger partial charge in [-0.3, -0.25) is 4.79 Å². The minimum atomic E-state index is -0.874. The van der Waals surface area contributed by atoms with Gasteiger partial charge in [-0.1, -0.05) is 41.9 Å². The van der Waals surface area contributed by atoms with E-state index >= 15 is 0 Å². The lowest BCUT2D eigenvalue weighted by Crippen LogP contribution is -2.24. The zero-order valence-corrected chi connectivity index (χ0v) is 10.7. The number of aliphatic carboxylic acids is 1. The Labute approximate surface area is 98.6 Å². The van der Waals surface area contributed by atoms with Crippen LogP contribution in [0.1, 0.15) is 25.5 Å². The van der Waals surface area contributed by atoms with E-state index in [9.17, 15) is 4.79 Å². The van der Waals surface area contributed by atoms with E-state index in [0.29, 0.717) is 0 Å². The largest absolute Gasteiger partial charge is 0.480 e. The van der Waals surface area contributed by atoms with Crippen LogP contribution in [0, 0.1) is 0 Å². The van der Waals surface area contributed by atoms with Gasteiger partial charge in [-0.25, -0.2) is 0 Å². The Bertz CT molecular complexity index is 315. The van der Waals surface area contributed by atoms with Crippen molar-refractivity contribution in [2.24, 2.45) is 0 Å². The summed E-state index contributed by atoms with van der Waals surface area (Å²) in [5, 5.41) is 11.6. The molecule has 1 rings (SSSR count). The van der Waals surface area contributed by atoms with Crippen LogP contribution in [0.4, 0.5) is 0 Å². The van der Waals surface area contributed by atoms with Gasteiger partial charge in [0.15, 0.2) is 0 Å². The molecule has 0 spiro atoms. The average molecular weight is 274 g/mol. The van der Waals surface area contributed by atoms with Crippen molar-refractivity contribution < 1.29 is 9.90 Å². The van der Waals surface area contributed by atoms with Crippen molar-refractivity contribution in [1.82, 2.24) is 5.32 Å². The number of carboxylic acid groups (broad SMARTS) is 1. The lowest BCUT2D eigenvalue weighted by atomic mass is 10.1. The number of rotatable bonds is 3. The van der Waals surface area contributed by atoms with Crippen LogP contribution < -0.4 is 5.32 Å². The first kappa shape index (κ1) is 14.1. The van der Waals surface area contributed by atoms with Crippen molar-refractivity contribution in [2.45, 2.75) is 19.9 Å². The second kappa shape index (κ2) is 7.43. The monoisotopic (exact) mass is 273 g/mol. The van der Waals surface area contributed by atoms with Gasteiger partial charge < -0.3 is 10.4 Å². The molecule has 0 aliphatic carbocycles. The molecule has 0 aliphatic rings. The standard InChI is InChI=1S/C9H10BrNO2.C2H6/c1-11-8(9(12)13)6-3-2-4-7(10)5-6;1-2/h2-5,8,11H,1H3,(H,12,13);1-2H3. The van der Waals surface area contributed by atoms with Crippen LogP contribution in [-0.2, 0) is 4.79 Å². The minimum Gasteiger partial charge on any atom is -0.480 e. The summed E-state index contributed by atoms with van der Waals surface area (Å²) in [4.78, 5) is 10.8. The zero-order chi connectivity index (χ0) is 11.8. The maximum absolute atomic E-state index is 10.8. The third-order valence-electron chi connectivity index (χ3n) is 1.72. The summed E-state index contributed by atoms with van der Waals surface area (Å²) >= 11 is 3.29. The number of carbonyl (C=O) groups is 1. The average Bonchev–Trinajstić information content (AvgIpc) is 2.21. The predicted octanol–water partition coefficient (Wildman–Crippen LogP) is 2.82. The van der Waals surface area contributed by atoms with E-state index in [2.05, 4.69) is 21.2 Å². The highest BCUT2D eigenvalue weighted by atomic mass is 79.9. The molecule has 0 fully saturated rings. The van der Waals surface area contributed by atoms with Crippen molar-refractivity contribution in [1.29, 1.82) is 0 Å². The molecular weight excluding hydrogens is 258 g/mol. The van der Waals surface area contributed by atoms with Gasteiger partial charge in [0.05, 0.1) is 0 Å². The summed E-state index contributed by atoms with van der Waals surface area (Å²) in [5.41, 5.74) is 0.740. The fourth-order valence-electron chi connectivity index (χ4n) is 1.12. The van der Waals surface area contributed by atoms with E-state index in [1.54, 1.807) is 19.2 Å². The van der Waals surface area contributed by atoms with Crippen molar-refractivity contribution in [2.75, 3.05) is 7.05 Å². The van der Waals surface area contributed by atoms with Crippen LogP contribution in [-0.4, -0.2) is 18.1 Å². The lowest BCUT2D eigenvalue weighted by molar-refractivity contribution is -0.139. The molecule has 0 radical (unpaired) electrons. The highest BCUT2D eigenvalue weighted by Crippen LogP contribution is 2.17. The number of carboxylic acids is 1. The Balaban J connectivity index is 0.000000921. The summed E-state index contributed by atoms with van der Waals surface area (Å²) in [7, 11) is 1.62. The summed E-state index contributed by atoms with van der Waals surface area (Å²) in [6.07, 6.45) is 0.